The van der Waals surface area contributed by atoms with Gasteiger partial charge in [-0.05, 0) is 30.1 Å². The van der Waals surface area contributed by atoms with E-state index in [0.29, 0.717) is 11.8 Å². The van der Waals surface area contributed by atoms with E-state index in [0.717, 1.165) is 13.0 Å². The van der Waals surface area contributed by atoms with Crippen LogP contribution in [-0.4, -0.2) is 35.3 Å². The largest absolute Gasteiger partial charge is 0.342 e. The third kappa shape index (κ3) is 2.84. The summed E-state index contributed by atoms with van der Waals surface area (Å²) < 4.78 is 0. The van der Waals surface area contributed by atoms with Crippen molar-refractivity contribution in [3.05, 3.63) is 0 Å². The van der Waals surface area contributed by atoms with E-state index in [1.54, 1.807) is 0 Å². The predicted molar refractivity (Wildman–Crippen MR) is 79.0 cm³/mol. The summed E-state index contributed by atoms with van der Waals surface area (Å²) >= 11 is 0. The summed E-state index contributed by atoms with van der Waals surface area (Å²) in [6.07, 6.45) is 2.08. The SMILES string of the molecule is CCC(C)C1NC(=O)C(C(C)C)N(CC2CC2C)C1=O. The summed E-state index contributed by atoms with van der Waals surface area (Å²) in [5, 5.41) is 2.95. The zero-order valence-corrected chi connectivity index (χ0v) is 13.3. The molecule has 0 aromatic rings. The molecular formula is C16H28N2O2. The molecule has 114 valence electrons. The standard InChI is InChI=1S/C16H28N2O2/c1-6-10(4)13-16(20)18(8-12-7-11(12)5)14(9(2)3)15(19)17-13/h9-14H,6-8H2,1-5H3,(H,17,19). The molecule has 0 aromatic heterocycles. The second-order valence-corrected chi connectivity index (χ2v) is 7.02. The van der Waals surface area contributed by atoms with Crippen molar-refractivity contribution in [3.63, 3.8) is 0 Å². The number of amides is 2. The lowest BCUT2D eigenvalue weighted by atomic mass is 9.90. The van der Waals surface area contributed by atoms with Crippen molar-refractivity contribution < 1.29 is 9.59 Å². The van der Waals surface area contributed by atoms with E-state index < -0.39 is 0 Å². The molecule has 1 aliphatic heterocycles. The van der Waals surface area contributed by atoms with Crippen LogP contribution in [0.4, 0.5) is 0 Å². The van der Waals surface area contributed by atoms with E-state index in [-0.39, 0.29) is 35.7 Å². The molecule has 5 unspecified atom stereocenters. The van der Waals surface area contributed by atoms with Gasteiger partial charge in [0.1, 0.15) is 12.1 Å². The van der Waals surface area contributed by atoms with Crippen molar-refractivity contribution in [1.82, 2.24) is 10.2 Å². The third-order valence-electron chi connectivity index (χ3n) is 5.00. The van der Waals surface area contributed by atoms with Crippen LogP contribution in [0.2, 0.25) is 0 Å². The minimum absolute atomic E-state index is 0.0261. The maximum Gasteiger partial charge on any atom is 0.246 e. The lowest BCUT2D eigenvalue weighted by Crippen LogP contribution is -2.66. The molecule has 20 heavy (non-hydrogen) atoms. The van der Waals surface area contributed by atoms with Crippen LogP contribution in [-0.2, 0) is 9.59 Å². The van der Waals surface area contributed by atoms with Crippen LogP contribution in [0.25, 0.3) is 0 Å². The van der Waals surface area contributed by atoms with Gasteiger partial charge < -0.3 is 10.2 Å². The van der Waals surface area contributed by atoms with E-state index >= 15 is 0 Å². The summed E-state index contributed by atoms with van der Waals surface area (Å²) in [6.45, 7) is 11.1. The highest BCUT2D eigenvalue weighted by Crippen LogP contribution is 2.39. The van der Waals surface area contributed by atoms with Gasteiger partial charge >= 0.3 is 0 Å². The normalized spacial score (nSPS) is 35.2. The van der Waals surface area contributed by atoms with Gasteiger partial charge in [0.2, 0.25) is 11.8 Å². The maximum atomic E-state index is 12.8. The molecule has 2 aliphatic rings. The smallest absolute Gasteiger partial charge is 0.246 e. The van der Waals surface area contributed by atoms with E-state index in [4.69, 9.17) is 0 Å². The molecular weight excluding hydrogens is 252 g/mol. The van der Waals surface area contributed by atoms with Gasteiger partial charge in [-0.25, -0.2) is 0 Å². The first-order valence-electron chi connectivity index (χ1n) is 7.97. The molecule has 5 atom stereocenters. The number of carbonyl (C=O) groups is 2. The highest BCUT2D eigenvalue weighted by molar-refractivity contribution is 5.97. The molecule has 1 saturated heterocycles. The van der Waals surface area contributed by atoms with Crippen LogP contribution in [0.1, 0.15) is 47.5 Å². The molecule has 2 amide bonds. The van der Waals surface area contributed by atoms with Gasteiger partial charge in [0.15, 0.2) is 0 Å². The van der Waals surface area contributed by atoms with Gasteiger partial charge in [-0.3, -0.25) is 9.59 Å². The van der Waals surface area contributed by atoms with Crippen LogP contribution < -0.4 is 5.32 Å². The van der Waals surface area contributed by atoms with Gasteiger partial charge in [0.25, 0.3) is 0 Å². The highest BCUT2D eigenvalue weighted by atomic mass is 16.2. The molecule has 1 aliphatic carbocycles. The van der Waals surface area contributed by atoms with Crippen LogP contribution in [0.3, 0.4) is 0 Å². The van der Waals surface area contributed by atoms with Crippen LogP contribution in [0, 0.1) is 23.7 Å². The summed E-state index contributed by atoms with van der Waals surface area (Å²) in [7, 11) is 0. The van der Waals surface area contributed by atoms with Gasteiger partial charge in [0.05, 0.1) is 0 Å². The zero-order chi connectivity index (χ0) is 15.0. The lowest BCUT2D eigenvalue weighted by Gasteiger charge is -2.42. The fourth-order valence-electron chi connectivity index (χ4n) is 3.15. The molecule has 4 heteroatoms. The molecule has 2 fully saturated rings. The Morgan fingerprint density at radius 3 is 2.35 bits per heavy atom. The second kappa shape index (κ2) is 5.74. The summed E-state index contributed by atoms with van der Waals surface area (Å²) in [5.41, 5.74) is 0. The quantitative estimate of drug-likeness (QED) is 0.838. The third-order valence-corrected chi connectivity index (χ3v) is 5.00. The molecule has 0 spiro atoms. The Bertz CT molecular complexity index is 394. The molecule has 4 nitrogen and oxygen atoms in total. The molecule has 0 aromatic carbocycles. The van der Waals surface area contributed by atoms with Crippen molar-refractivity contribution >= 4 is 11.8 Å². The average Bonchev–Trinajstić information content (AvgIpc) is 3.07. The summed E-state index contributed by atoms with van der Waals surface area (Å²) in [5.74, 6) is 1.78. The fraction of sp³-hybridized carbons (Fsp3) is 0.875. The number of carbonyl (C=O) groups excluding carboxylic acids is 2. The fourth-order valence-corrected chi connectivity index (χ4v) is 3.15. The number of piperazine rings is 1. The average molecular weight is 280 g/mol. The van der Waals surface area contributed by atoms with Crippen molar-refractivity contribution in [3.8, 4) is 0 Å². The zero-order valence-electron chi connectivity index (χ0n) is 13.3. The van der Waals surface area contributed by atoms with Gasteiger partial charge in [-0.15, -0.1) is 0 Å². The second-order valence-electron chi connectivity index (χ2n) is 7.02. The first-order chi connectivity index (χ1) is 9.36. The van der Waals surface area contributed by atoms with Crippen LogP contribution in [0.15, 0.2) is 0 Å². The molecule has 1 heterocycles. The number of hydrogen-bond donors (Lipinski definition) is 1. The van der Waals surface area contributed by atoms with Gasteiger partial charge in [-0.1, -0.05) is 41.0 Å². The Hall–Kier alpha value is -1.06. The van der Waals surface area contributed by atoms with E-state index in [1.165, 1.54) is 6.42 Å². The minimum Gasteiger partial charge on any atom is -0.342 e. The molecule has 0 bridgehead atoms. The first kappa shape index (κ1) is 15.3. The Morgan fingerprint density at radius 2 is 1.90 bits per heavy atom. The minimum atomic E-state index is -0.337. The Kier molecular flexibility index (Phi) is 4.40. The maximum absolute atomic E-state index is 12.8. The number of nitrogens with one attached hydrogen (secondary N) is 1. The number of nitrogens with zero attached hydrogens (tertiary/aromatic N) is 1. The van der Waals surface area contributed by atoms with Crippen molar-refractivity contribution in [2.45, 2.75) is 59.5 Å². The summed E-state index contributed by atoms with van der Waals surface area (Å²) in [4.78, 5) is 27.0. The summed E-state index contributed by atoms with van der Waals surface area (Å²) in [6, 6.07) is -0.632. The topological polar surface area (TPSA) is 49.4 Å². The van der Waals surface area contributed by atoms with Gasteiger partial charge in [-0.2, -0.15) is 0 Å². The number of rotatable bonds is 5. The Labute approximate surface area is 122 Å². The molecule has 1 saturated carbocycles. The molecule has 1 N–H and O–H groups in total. The van der Waals surface area contributed by atoms with E-state index in [2.05, 4.69) is 19.2 Å². The van der Waals surface area contributed by atoms with Crippen molar-refractivity contribution in [2.75, 3.05) is 6.54 Å². The molecule has 0 radical (unpaired) electrons. The lowest BCUT2D eigenvalue weighted by molar-refractivity contribution is -0.153. The van der Waals surface area contributed by atoms with Crippen molar-refractivity contribution in [1.29, 1.82) is 0 Å². The van der Waals surface area contributed by atoms with Crippen molar-refractivity contribution in [2.24, 2.45) is 23.7 Å². The molecule has 2 rings (SSSR count). The highest BCUT2D eigenvalue weighted by Gasteiger charge is 2.46. The van der Waals surface area contributed by atoms with E-state index in [9.17, 15) is 9.59 Å². The van der Waals surface area contributed by atoms with Crippen LogP contribution >= 0.6 is 0 Å². The Morgan fingerprint density at radius 1 is 1.30 bits per heavy atom. The Balaban J connectivity index is 2.19. The van der Waals surface area contributed by atoms with E-state index in [1.807, 2.05) is 25.7 Å². The monoisotopic (exact) mass is 280 g/mol. The van der Waals surface area contributed by atoms with Crippen LogP contribution in [0.5, 0.6) is 0 Å². The van der Waals surface area contributed by atoms with Gasteiger partial charge in [0, 0.05) is 6.54 Å². The first-order valence-corrected chi connectivity index (χ1v) is 7.97. The predicted octanol–water partition coefficient (Wildman–Crippen LogP) is 2.04. The number of hydrogen-bond acceptors (Lipinski definition) is 2.